The molecule has 0 bridgehead atoms. The van der Waals surface area contributed by atoms with Crippen LogP contribution in [-0.4, -0.2) is 28.5 Å². The van der Waals surface area contributed by atoms with Crippen LogP contribution in [0.5, 0.6) is 0 Å². The molecular formula is C19H33Cl2NOS. The fourth-order valence-corrected chi connectivity index (χ4v) is 4.57. The second-order valence-corrected chi connectivity index (χ2v) is 8.74. The fourth-order valence-electron chi connectivity index (χ4n) is 3.22. The maximum atomic E-state index is 12.3. The van der Waals surface area contributed by atoms with Crippen molar-refractivity contribution >= 4 is 47.1 Å². The number of ketones is 1. The highest BCUT2D eigenvalue weighted by molar-refractivity contribution is 8.01. The Labute approximate surface area is 162 Å². The van der Waals surface area contributed by atoms with Gasteiger partial charge in [-0.05, 0) is 37.6 Å². The summed E-state index contributed by atoms with van der Waals surface area (Å²) in [6.45, 7) is 0. The lowest BCUT2D eigenvalue weighted by Crippen LogP contribution is -2.32. The molecule has 1 aliphatic heterocycles. The van der Waals surface area contributed by atoms with Crippen LogP contribution in [-0.2, 0) is 4.79 Å². The summed E-state index contributed by atoms with van der Waals surface area (Å²) in [5.41, 5.74) is 0. The lowest BCUT2D eigenvalue weighted by atomic mass is 9.90. The number of carbonyl (C=O) groups is 1. The maximum absolute atomic E-state index is 12.3. The first-order valence-corrected chi connectivity index (χ1v) is 11.5. The summed E-state index contributed by atoms with van der Waals surface area (Å²) in [7, 11) is 0. The summed E-state index contributed by atoms with van der Waals surface area (Å²) in [6, 6.07) is 0. The molecule has 0 saturated carbocycles. The Bertz CT molecular complexity index is 345. The van der Waals surface area contributed by atoms with Crippen molar-refractivity contribution in [1.82, 2.24) is 0 Å². The molecule has 0 aliphatic carbocycles. The van der Waals surface area contributed by atoms with Gasteiger partial charge in [-0.2, -0.15) is 0 Å². The van der Waals surface area contributed by atoms with Crippen molar-refractivity contribution in [3.63, 3.8) is 0 Å². The first-order chi connectivity index (χ1) is 11.7. The Balaban J connectivity index is 2.17. The van der Waals surface area contributed by atoms with E-state index in [0.717, 1.165) is 50.3 Å². The van der Waals surface area contributed by atoms with E-state index in [9.17, 15) is 4.79 Å². The van der Waals surface area contributed by atoms with Crippen molar-refractivity contribution < 1.29 is 4.79 Å². The van der Waals surface area contributed by atoms with Crippen LogP contribution in [0.15, 0.2) is 4.40 Å². The third kappa shape index (κ3) is 9.10. The molecule has 0 fully saturated rings. The molecule has 140 valence electrons. The average Bonchev–Trinajstić information content (AvgIpc) is 2.94. The molecule has 0 amide bonds. The second kappa shape index (κ2) is 14.4. The van der Waals surface area contributed by atoms with Gasteiger partial charge in [-0.15, -0.1) is 23.2 Å². The minimum atomic E-state index is -0.244. The third-order valence-corrected chi connectivity index (χ3v) is 6.48. The van der Waals surface area contributed by atoms with Crippen LogP contribution in [0.4, 0.5) is 0 Å². The van der Waals surface area contributed by atoms with Crippen LogP contribution >= 0.6 is 35.1 Å². The Hall–Kier alpha value is 0.270. The van der Waals surface area contributed by atoms with E-state index >= 15 is 0 Å². The van der Waals surface area contributed by atoms with Crippen LogP contribution < -0.4 is 0 Å². The van der Waals surface area contributed by atoms with Crippen molar-refractivity contribution in [1.29, 1.82) is 0 Å². The van der Waals surface area contributed by atoms with Crippen LogP contribution in [0.1, 0.15) is 89.9 Å². The first-order valence-electron chi connectivity index (χ1n) is 9.63. The molecule has 2 nitrogen and oxygen atoms in total. The summed E-state index contributed by atoms with van der Waals surface area (Å²) in [5, 5.41) is 0. The summed E-state index contributed by atoms with van der Waals surface area (Å²) < 4.78 is 3.97. The van der Waals surface area contributed by atoms with Gasteiger partial charge in [-0.3, -0.25) is 4.79 Å². The number of hydrogen-bond donors (Lipinski definition) is 0. The normalized spacial score (nSPS) is 16.2. The van der Waals surface area contributed by atoms with Crippen molar-refractivity contribution in [3.8, 4) is 0 Å². The largest absolute Gasteiger partial charge is 0.291 e. The number of Topliss-reactive ketones (excluding diaryl/α,β-unsaturated/α-hetero) is 1. The van der Waals surface area contributed by atoms with Gasteiger partial charge in [0.05, 0.1) is 6.21 Å². The number of halogens is 2. The van der Waals surface area contributed by atoms with E-state index in [2.05, 4.69) is 4.40 Å². The molecule has 0 N–H and O–H groups in total. The van der Waals surface area contributed by atoms with Crippen LogP contribution in [0.25, 0.3) is 0 Å². The molecule has 1 aliphatic rings. The molecule has 0 spiro atoms. The van der Waals surface area contributed by atoms with Crippen molar-refractivity contribution in [3.05, 3.63) is 0 Å². The van der Waals surface area contributed by atoms with E-state index in [1.807, 2.05) is 0 Å². The van der Waals surface area contributed by atoms with Gasteiger partial charge in [-0.1, -0.05) is 64.2 Å². The monoisotopic (exact) mass is 393 g/mol. The summed E-state index contributed by atoms with van der Waals surface area (Å²) in [4.78, 5) is 12.3. The van der Waals surface area contributed by atoms with Crippen LogP contribution in [0.3, 0.4) is 0 Å². The van der Waals surface area contributed by atoms with Gasteiger partial charge in [-0.25, -0.2) is 4.40 Å². The smallest absolute Gasteiger partial charge is 0.192 e. The maximum Gasteiger partial charge on any atom is 0.192 e. The predicted octanol–water partition coefficient (Wildman–Crippen LogP) is 6.97. The van der Waals surface area contributed by atoms with Gasteiger partial charge in [0.15, 0.2) is 5.78 Å². The van der Waals surface area contributed by atoms with Crippen molar-refractivity contribution in [2.24, 2.45) is 4.40 Å². The number of hydrogen-bond acceptors (Lipinski definition) is 3. The number of carbonyl (C=O) groups excluding carboxylic acids is 1. The van der Waals surface area contributed by atoms with Gasteiger partial charge in [0.1, 0.15) is 4.75 Å². The van der Waals surface area contributed by atoms with Gasteiger partial charge >= 0.3 is 0 Å². The van der Waals surface area contributed by atoms with E-state index in [1.165, 1.54) is 63.3 Å². The number of nitrogens with zero attached hydrogens (tertiary/aromatic N) is 1. The number of rotatable bonds is 16. The summed E-state index contributed by atoms with van der Waals surface area (Å²) in [5.74, 6) is 1.80. The zero-order valence-electron chi connectivity index (χ0n) is 14.9. The zero-order valence-corrected chi connectivity index (χ0v) is 17.2. The van der Waals surface area contributed by atoms with Crippen molar-refractivity contribution in [2.75, 3.05) is 11.8 Å². The molecule has 1 rings (SSSR count). The lowest BCUT2D eigenvalue weighted by Gasteiger charge is -2.24. The van der Waals surface area contributed by atoms with E-state index in [4.69, 9.17) is 23.2 Å². The Morgan fingerprint density at radius 2 is 1.17 bits per heavy atom. The van der Waals surface area contributed by atoms with Crippen LogP contribution in [0.2, 0.25) is 0 Å². The lowest BCUT2D eigenvalue weighted by molar-refractivity contribution is -0.114. The molecular weight excluding hydrogens is 361 g/mol. The Morgan fingerprint density at radius 1 is 0.750 bits per heavy atom. The predicted molar refractivity (Wildman–Crippen MR) is 110 cm³/mol. The quantitative estimate of drug-likeness (QED) is 0.161. The minimum Gasteiger partial charge on any atom is -0.291 e. The first kappa shape index (κ1) is 22.3. The Kier molecular flexibility index (Phi) is 13.4. The molecule has 24 heavy (non-hydrogen) atoms. The van der Waals surface area contributed by atoms with Gasteiger partial charge in [0.2, 0.25) is 0 Å². The van der Waals surface area contributed by atoms with E-state index in [1.54, 1.807) is 6.21 Å². The van der Waals surface area contributed by atoms with Gasteiger partial charge in [0, 0.05) is 11.8 Å². The zero-order chi connectivity index (χ0) is 17.5. The molecule has 0 radical (unpaired) electrons. The van der Waals surface area contributed by atoms with E-state index < -0.39 is 0 Å². The highest BCUT2D eigenvalue weighted by Crippen LogP contribution is 2.41. The highest BCUT2D eigenvalue weighted by Gasteiger charge is 2.40. The van der Waals surface area contributed by atoms with Gasteiger partial charge < -0.3 is 0 Å². The van der Waals surface area contributed by atoms with E-state index in [0.29, 0.717) is 0 Å². The van der Waals surface area contributed by atoms with Crippen molar-refractivity contribution in [2.45, 2.75) is 94.6 Å². The standard InChI is InChI=1S/C19H33Cl2NOS/c20-15-11-7-3-1-5-9-13-19(18(23)17-22-24-19)14-10-6-2-4-8-12-16-21/h17H,1-16H2. The molecule has 0 aromatic carbocycles. The summed E-state index contributed by atoms with van der Waals surface area (Å²) >= 11 is 12.9. The fraction of sp³-hybridized carbons (Fsp3) is 0.895. The number of alkyl halides is 2. The summed E-state index contributed by atoms with van der Waals surface area (Å²) in [6.07, 6.45) is 18.0. The molecule has 5 heteroatoms. The third-order valence-electron chi connectivity index (χ3n) is 4.77. The number of unbranched alkanes of at least 4 members (excludes halogenated alkanes) is 10. The topological polar surface area (TPSA) is 29.4 Å². The highest BCUT2D eigenvalue weighted by atomic mass is 35.5. The molecule has 0 unspecified atom stereocenters. The average molecular weight is 394 g/mol. The van der Waals surface area contributed by atoms with Crippen LogP contribution in [0, 0.1) is 0 Å². The molecule has 0 aromatic heterocycles. The molecule has 0 atom stereocenters. The SMILES string of the molecule is O=C1C=NSC1(CCCCCCCCCl)CCCCCCCCCl. The molecule has 0 aromatic rings. The second-order valence-electron chi connectivity index (χ2n) is 6.80. The molecule has 0 saturated heterocycles. The Morgan fingerprint density at radius 3 is 1.54 bits per heavy atom. The molecule has 1 heterocycles. The van der Waals surface area contributed by atoms with E-state index in [-0.39, 0.29) is 10.5 Å². The van der Waals surface area contributed by atoms with Gasteiger partial charge in [0.25, 0.3) is 0 Å². The minimum absolute atomic E-state index is 0.244.